The highest BCUT2D eigenvalue weighted by Crippen LogP contribution is 2.23. The normalized spacial score (nSPS) is 14.5. The lowest BCUT2D eigenvalue weighted by molar-refractivity contribution is 0.169. The van der Waals surface area contributed by atoms with Gasteiger partial charge < -0.3 is 24.2 Å². The highest BCUT2D eigenvalue weighted by atomic mass is 127. The van der Waals surface area contributed by atoms with Gasteiger partial charge in [-0.25, -0.2) is 4.98 Å². The Kier molecular flexibility index (Phi) is 9.31. The molecular weight excluding hydrogens is 535 g/mol. The predicted molar refractivity (Wildman–Crippen MR) is 136 cm³/mol. The summed E-state index contributed by atoms with van der Waals surface area (Å²) in [5.41, 5.74) is 2.01. The molecule has 0 radical (unpaired) electrons. The van der Waals surface area contributed by atoms with Gasteiger partial charge in [-0.1, -0.05) is 17.3 Å². The van der Waals surface area contributed by atoms with Gasteiger partial charge in [0.1, 0.15) is 17.8 Å². The zero-order chi connectivity index (χ0) is 22.2. The lowest BCUT2D eigenvalue weighted by Gasteiger charge is -2.36. The molecule has 33 heavy (non-hydrogen) atoms. The molecule has 176 valence electrons. The molecule has 9 nitrogen and oxygen atoms in total. The Hall–Kier alpha value is -2.86. The fourth-order valence-electron chi connectivity index (χ4n) is 3.54. The molecule has 0 aliphatic carbocycles. The summed E-state index contributed by atoms with van der Waals surface area (Å²) in [6.45, 7) is 5.16. The zero-order valence-electron chi connectivity index (χ0n) is 18.8. The third-order valence-electron chi connectivity index (χ3n) is 5.27. The van der Waals surface area contributed by atoms with Gasteiger partial charge in [-0.2, -0.15) is 0 Å². The predicted octanol–water partition coefficient (Wildman–Crippen LogP) is 3.38. The van der Waals surface area contributed by atoms with Crippen LogP contribution in [0.4, 0.5) is 0 Å². The lowest BCUT2D eigenvalue weighted by atomic mass is 10.2. The maximum atomic E-state index is 5.81. The molecule has 0 spiro atoms. The maximum Gasteiger partial charge on any atom is 0.219 e. The van der Waals surface area contributed by atoms with E-state index in [9.17, 15) is 0 Å². The second kappa shape index (κ2) is 12.4. The third-order valence-corrected chi connectivity index (χ3v) is 5.27. The molecule has 1 aromatic carbocycles. The van der Waals surface area contributed by atoms with Crippen LogP contribution < -0.4 is 14.8 Å². The summed E-state index contributed by atoms with van der Waals surface area (Å²) in [4.78, 5) is 13.5. The molecule has 0 atom stereocenters. The first-order chi connectivity index (χ1) is 15.7. The van der Waals surface area contributed by atoms with E-state index < -0.39 is 0 Å². The quantitative estimate of drug-likeness (QED) is 0.266. The molecule has 1 saturated heterocycles. The molecule has 0 bridgehead atoms. The highest BCUT2D eigenvalue weighted by molar-refractivity contribution is 14.0. The van der Waals surface area contributed by atoms with Gasteiger partial charge in [-0.15, -0.1) is 24.0 Å². The minimum absolute atomic E-state index is 0. The van der Waals surface area contributed by atoms with Crippen molar-refractivity contribution in [3.05, 3.63) is 66.2 Å². The molecule has 0 saturated carbocycles. The summed E-state index contributed by atoms with van der Waals surface area (Å²) in [7, 11) is 3.44. The van der Waals surface area contributed by atoms with Crippen molar-refractivity contribution in [2.45, 2.75) is 13.1 Å². The minimum Gasteiger partial charge on any atom is -0.497 e. The van der Waals surface area contributed by atoms with Crippen molar-refractivity contribution in [3.63, 3.8) is 0 Å². The van der Waals surface area contributed by atoms with Crippen LogP contribution >= 0.6 is 24.0 Å². The van der Waals surface area contributed by atoms with Crippen LogP contribution in [0.15, 0.2) is 64.4 Å². The van der Waals surface area contributed by atoms with Gasteiger partial charge in [0.05, 0.1) is 12.8 Å². The molecule has 3 heterocycles. The fourth-order valence-corrected chi connectivity index (χ4v) is 3.54. The Morgan fingerprint density at radius 1 is 1.12 bits per heavy atom. The van der Waals surface area contributed by atoms with E-state index in [1.807, 2.05) is 55.7 Å². The zero-order valence-corrected chi connectivity index (χ0v) is 21.1. The summed E-state index contributed by atoms with van der Waals surface area (Å²) in [5.74, 6) is 2.86. The molecule has 1 aliphatic rings. The van der Waals surface area contributed by atoms with Gasteiger partial charge in [-0.3, -0.25) is 9.89 Å². The lowest BCUT2D eigenvalue weighted by Crippen LogP contribution is -2.52. The Labute approximate surface area is 210 Å². The number of guanidine groups is 1. The number of aromatic nitrogens is 2. The molecule has 3 aromatic rings. The highest BCUT2D eigenvalue weighted by Gasteiger charge is 2.20. The second-order valence-electron chi connectivity index (χ2n) is 7.44. The largest absolute Gasteiger partial charge is 0.497 e. The van der Waals surface area contributed by atoms with Gasteiger partial charge in [0.2, 0.25) is 5.88 Å². The number of piperazine rings is 1. The molecule has 2 aromatic heterocycles. The maximum absolute atomic E-state index is 5.81. The fraction of sp³-hybridized carbons (Fsp3) is 0.348. The van der Waals surface area contributed by atoms with Crippen LogP contribution in [0.5, 0.6) is 17.4 Å². The van der Waals surface area contributed by atoms with E-state index in [4.69, 9.17) is 14.0 Å². The van der Waals surface area contributed by atoms with Crippen molar-refractivity contribution in [2.75, 3.05) is 40.3 Å². The van der Waals surface area contributed by atoms with Crippen molar-refractivity contribution in [3.8, 4) is 17.4 Å². The molecule has 10 heteroatoms. The standard InChI is InChI=1S/C23H28N6O3.HI/c1-24-23(29-11-9-28(10-12-29)17-19-8-13-31-27-19)26-16-18-6-7-22(25-15-18)32-21-5-3-4-20(14-21)30-2;/h3-8,13-15H,9-12,16-17H2,1-2H3,(H,24,26);1H. The van der Waals surface area contributed by atoms with Gasteiger partial charge in [-0.05, 0) is 17.7 Å². The number of hydrogen-bond acceptors (Lipinski definition) is 7. The molecule has 0 unspecified atom stereocenters. The summed E-state index contributed by atoms with van der Waals surface area (Å²) in [6.07, 6.45) is 3.43. The van der Waals surface area contributed by atoms with E-state index in [0.29, 0.717) is 18.2 Å². The minimum atomic E-state index is 0. The molecule has 0 amide bonds. The van der Waals surface area contributed by atoms with Crippen molar-refractivity contribution < 1.29 is 14.0 Å². The smallest absolute Gasteiger partial charge is 0.219 e. The molecule has 1 N–H and O–H groups in total. The Morgan fingerprint density at radius 2 is 1.94 bits per heavy atom. The van der Waals surface area contributed by atoms with E-state index >= 15 is 0 Å². The van der Waals surface area contributed by atoms with E-state index in [1.54, 1.807) is 13.4 Å². The summed E-state index contributed by atoms with van der Waals surface area (Å²) < 4.78 is 15.9. The van der Waals surface area contributed by atoms with Gasteiger partial charge in [0, 0.05) is 70.7 Å². The van der Waals surface area contributed by atoms with Crippen LogP contribution in [0, 0.1) is 0 Å². The van der Waals surface area contributed by atoms with Crippen LogP contribution in [0.3, 0.4) is 0 Å². The van der Waals surface area contributed by atoms with Crippen molar-refractivity contribution in [1.29, 1.82) is 0 Å². The van der Waals surface area contributed by atoms with Crippen molar-refractivity contribution >= 4 is 29.9 Å². The summed E-state index contributed by atoms with van der Waals surface area (Å²) >= 11 is 0. The van der Waals surface area contributed by atoms with Crippen LogP contribution in [0.1, 0.15) is 11.3 Å². The first kappa shape index (κ1) is 24.8. The topological polar surface area (TPSA) is 88.3 Å². The number of rotatable bonds is 7. The number of nitrogens with zero attached hydrogens (tertiary/aromatic N) is 5. The number of hydrogen-bond donors (Lipinski definition) is 1. The van der Waals surface area contributed by atoms with Crippen molar-refractivity contribution in [2.24, 2.45) is 4.99 Å². The van der Waals surface area contributed by atoms with Gasteiger partial charge >= 0.3 is 0 Å². The number of aliphatic imine (C=N–C) groups is 1. The Morgan fingerprint density at radius 3 is 2.61 bits per heavy atom. The number of methoxy groups -OCH3 is 1. The van der Waals surface area contributed by atoms with Crippen LogP contribution in [-0.4, -0.2) is 66.2 Å². The van der Waals surface area contributed by atoms with E-state index in [1.165, 1.54) is 0 Å². The second-order valence-corrected chi connectivity index (χ2v) is 7.44. The number of nitrogens with one attached hydrogen (secondary N) is 1. The molecule has 4 rings (SSSR count). The first-order valence-corrected chi connectivity index (χ1v) is 10.6. The Balaban J connectivity index is 0.00000306. The molecule has 1 aliphatic heterocycles. The Bertz CT molecular complexity index is 1010. The van der Waals surface area contributed by atoms with Gasteiger partial charge in [0.25, 0.3) is 0 Å². The average molecular weight is 564 g/mol. The first-order valence-electron chi connectivity index (χ1n) is 10.6. The number of pyridine rings is 1. The monoisotopic (exact) mass is 564 g/mol. The van der Waals surface area contributed by atoms with Crippen molar-refractivity contribution in [1.82, 2.24) is 25.3 Å². The van der Waals surface area contributed by atoms with Gasteiger partial charge in [0.15, 0.2) is 5.96 Å². The van der Waals surface area contributed by atoms with E-state index in [0.717, 1.165) is 55.7 Å². The summed E-state index contributed by atoms with van der Waals surface area (Å²) in [5, 5.41) is 7.43. The number of benzene rings is 1. The van der Waals surface area contributed by atoms with Crippen LogP contribution in [0.2, 0.25) is 0 Å². The summed E-state index contributed by atoms with van der Waals surface area (Å²) in [6, 6.07) is 13.2. The van der Waals surface area contributed by atoms with E-state index in [2.05, 4.69) is 30.2 Å². The SMILES string of the molecule is CN=C(NCc1ccc(Oc2cccc(OC)c2)nc1)N1CCN(Cc2ccon2)CC1.I. The number of ether oxygens (including phenoxy) is 2. The number of halogens is 1. The third kappa shape index (κ3) is 7.06. The van der Waals surface area contributed by atoms with Crippen LogP contribution in [0.25, 0.3) is 0 Å². The van der Waals surface area contributed by atoms with E-state index in [-0.39, 0.29) is 24.0 Å². The average Bonchev–Trinajstić information content (AvgIpc) is 3.35. The molecular formula is C23H29IN6O3. The molecule has 1 fully saturated rings. The van der Waals surface area contributed by atoms with Crippen LogP contribution in [-0.2, 0) is 13.1 Å².